The minimum atomic E-state index is -3.67. The summed E-state index contributed by atoms with van der Waals surface area (Å²) >= 11 is 0. The highest BCUT2D eigenvalue weighted by Crippen LogP contribution is 2.27. The summed E-state index contributed by atoms with van der Waals surface area (Å²) in [6.45, 7) is 1.69. The number of fused-ring (bicyclic) bond motifs is 1. The molecular formula is C23H25F2N3O4S. The van der Waals surface area contributed by atoms with Gasteiger partial charge in [0, 0.05) is 13.1 Å². The van der Waals surface area contributed by atoms with E-state index >= 15 is 0 Å². The molecule has 0 bridgehead atoms. The molecule has 33 heavy (non-hydrogen) atoms. The molecule has 1 fully saturated rings. The average Bonchev–Trinajstić information content (AvgIpc) is 3.15. The number of nitrogens with zero attached hydrogens (tertiary/aromatic N) is 3. The van der Waals surface area contributed by atoms with Gasteiger partial charge in [0.2, 0.25) is 10.0 Å². The Morgan fingerprint density at radius 2 is 1.73 bits per heavy atom. The van der Waals surface area contributed by atoms with Crippen molar-refractivity contribution in [2.45, 2.75) is 38.3 Å². The number of hydrogen-bond acceptors (Lipinski definition) is 5. The molecule has 1 aliphatic rings. The molecule has 10 heteroatoms. The van der Waals surface area contributed by atoms with Gasteiger partial charge in [-0.3, -0.25) is 4.57 Å². The lowest BCUT2D eigenvalue weighted by molar-refractivity contribution is 0.0387. The van der Waals surface area contributed by atoms with Crippen LogP contribution >= 0.6 is 0 Å². The van der Waals surface area contributed by atoms with E-state index < -0.39 is 29.1 Å². The van der Waals surface area contributed by atoms with Crippen molar-refractivity contribution < 1.29 is 26.7 Å². The number of para-hydroxylation sites is 2. The summed E-state index contributed by atoms with van der Waals surface area (Å²) in [6.07, 6.45) is 0.982. The number of aromatic nitrogens is 2. The predicted molar refractivity (Wildman–Crippen MR) is 118 cm³/mol. The summed E-state index contributed by atoms with van der Waals surface area (Å²) in [5.41, 5.74) is 0.739. The average molecular weight is 478 g/mol. The maximum absolute atomic E-state index is 13.5. The van der Waals surface area contributed by atoms with Gasteiger partial charge in [0.05, 0.1) is 21.5 Å². The molecule has 0 amide bonds. The first kappa shape index (κ1) is 23.3. The molecule has 1 saturated heterocycles. The molecule has 2 heterocycles. The Balaban J connectivity index is 1.47. The van der Waals surface area contributed by atoms with Crippen LogP contribution < -0.4 is 0 Å². The lowest BCUT2D eigenvalue weighted by Gasteiger charge is -2.34. The van der Waals surface area contributed by atoms with Gasteiger partial charge in [-0.25, -0.2) is 18.2 Å². The van der Waals surface area contributed by atoms with Crippen LogP contribution in [0.2, 0.25) is 0 Å². The molecular weight excluding hydrogens is 452 g/mol. The van der Waals surface area contributed by atoms with Crippen LogP contribution in [0.15, 0.2) is 53.4 Å². The van der Waals surface area contributed by atoms with Crippen molar-refractivity contribution in [2.24, 2.45) is 11.8 Å². The van der Waals surface area contributed by atoms with Gasteiger partial charge in [-0.15, -0.1) is 0 Å². The first-order chi connectivity index (χ1) is 15.7. The quantitative estimate of drug-likeness (QED) is 0.490. The highest BCUT2D eigenvalue weighted by molar-refractivity contribution is 7.89. The van der Waals surface area contributed by atoms with E-state index in [1.54, 1.807) is 18.2 Å². The highest BCUT2D eigenvalue weighted by Gasteiger charge is 2.31. The third-order valence-electron chi connectivity index (χ3n) is 5.76. The summed E-state index contributed by atoms with van der Waals surface area (Å²) in [5.74, 6) is -0.287. The van der Waals surface area contributed by atoms with E-state index in [1.807, 2.05) is 13.8 Å². The fourth-order valence-electron chi connectivity index (χ4n) is 4.34. The maximum atomic E-state index is 13.5. The van der Waals surface area contributed by atoms with Crippen LogP contribution in [-0.2, 0) is 21.4 Å². The number of ether oxygens (including phenoxy) is 1. The molecule has 176 valence electrons. The Labute approximate surface area is 191 Å². The third kappa shape index (κ3) is 4.77. The van der Waals surface area contributed by atoms with Gasteiger partial charge in [0.1, 0.15) is 6.61 Å². The summed E-state index contributed by atoms with van der Waals surface area (Å²) < 4.78 is 60.4. The zero-order valence-corrected chi connectivity index (χ0v) is 19.1. The molecule has 7 nitrogen and oxygen atoms in total. The van der Waals surface area contributed by atoms with Crippen LogP contribution in [0.5, 0.6) is 0 Å². The number of rotatable bonds is 6. The van der Waals surface area contributed by atoms with Crippen LogP contribution in [0.4, 0.5) is 8.78 Å². The minimum absolute atomic E-state index is 0.0768. The SMILES string of the molecule is CC1CC(C)CN(S(=O)(=O)c2ccc(C(=O)OCc3nc4ccccc4n3C(F)F)cc2)C1. The standard InChI is InChI=1S/C23H25F2N3O4S/c1-15-11-16(2)13-27(12-15)33(30,31)18-9-7-17(8-10-18)22(29)32-14-21-26-19-5-3-4-6-20(19)28(21)23(24)25/h3-10,15-16,23H,11-14H2,1-2H3. The largest absolute Gasteiger partial charge is 0.454 e. The molecule has 0 N–H and O–H groups in total. The molecule has 0 radical (unpaired) electrons. The second kappa shape index (κ2) is 9.18. The first-order valence-corrected chi connectivity index (χ1v) is 12.1. The Kier molecular flexibility index (Phi) is 6.49. The summed E-state index contributed by atoms with van der Waals surface area (Å²) in [4.78, 5) is 16.7. The van der Waals surface area contributed by atoms with Gasteiger partial charge in [-0.1, -0.05) is 26.0 Å². The topological polar surface area (TPSA) is 81.5 Å². The maximum Gasteiger partial charge on any atom is 0.338 e. The van der Waals surface area contributed by atoms with Crippen LogP contribution in [0.3, 0.4) is 0 Å². The number of piperidine rings is 1. The van der Waals surface area contributed by atoms with E-state index in [1.165, 1.54) is 34.6 Å². The molecule has 2 unspecified atom stereocenters. The molecule has 2 aromatic carbocycles. The van der Waals surface area contributed by atoms with Crippen molar-refractivity contribution in [2.75, 3.05) is 13.1 Å². The number of alkyl halides is 2. The first-order valence-electron chi connectivity index (χ1n) is 10.7. The molecule has 0 spiro atoms. The molecule has 1 aromatic heterocycles. The third-order valence-corrected chi connectivity index (χ3v) is 7.61. The second-order valence-electron chi connectivity index (χ2n) is 8.53. The van der Waals surface area contributed by atoms with Gasteiger partial charge in [0.25, 0.3) is 0 Å². The van der Waals surface area contributed by atoms with Crippen molar-refractivity contribution in [1.29, 1.82) is 0 Å². The summed E-state index contributed by atoms with van der Waals surface area (Å²) in [5, 5.41) is 0. The predicted octanol–water partition coefficient (Wildman–Crippen LogP) is 4.46. The van der Waals surface area contributed by atoms with Crippen molar-refractivity contribution in [3.8, 4) is 0 Å². The van der Waals surface area contributed by atoms with Crippen molar-refractivity contribution in [1.82, 2.24) is 13.9 Å². The fraction of sp³-hybridized carbons (Fsp3) is 0.391. The molecule has 3 aromatic rings. The number of carbonyl (C=O) groups excluding carboxylic acids is 1. The van der Waals surface area contributed by atoms with Gasteiger partial charge in [-0.05, 0) is 54.7 Å². The number of benzene rings is 2. The van der Waals surface area contributed by atoms with Gasteiger partial charge in [0.15, 0.2) is 5.82 Å². The van der Waals surface area contributed by atoms with Crippen LogP contribution in [-0.4, -0.2) is 41.3 Å². The Morgan fingerprint density at radius 3 is 2.36 bits per heavy atom. The zero-order valence-electron chi connectivity index (χ0n) is 18.3. The number of imidazole rings is 1. The van der Waals surface area contributed by atoms with Crippen LogP contribution in [0.25, 0.3) is 11.0 Å². The van der Waals surface area contributed by atoms with Gasteiger partial charge in [-0.2, -0.15) is 13.1 Å². The number of esters is 1. The van der Waals surface area contributed by atoms with E-state index in [0.29, 0.717) is 18.6 Å². The van der Waals surface area contributed by atoms with E-state index in [2.05, 4.69) is 4.98 Å². The van der Waals surface area contributed by atoms with Crippen LogP contribution in [0.1, 0.15) is 43.0 Å². The number of hydrogen-bond donors (Lipinski definition) is 0. The molecule has 2 atom stereocenters. The lowest BCUT2D eigenvalue weighted by atomic mass is 9.94. The molecule has 4 rings (SSSR count). The summed E-state index contributed by atoms with van der Waals surface area (Å²) in [6, 6.07) is 11.9. The molecule has 0 aliphatic carbocycles. The number of sulfonamides is 1. The monoisotopic (exact) mass is 477 g/mol. The van der Waals surface area contributed by atoms with E-state index in [0.717, 1.165) is 11.0 Å². The number of halogens is 2. The Morgan fingerprint density at radius 1 is 1.09 bits per heavy atom. The fourth-order valence-corrected chi connectivity index (χ4v) is 6.02. The smallest absolute Gasteiger partial charge is 0.338 e. The lowest BCUT2D eigenvalue weighted by Crippen LogP contribution is -2.42. The van der Waals surface area contributed by atoms with Crippen LogP contribution in [0, 0.1) is 11.8 Å². The normalized spacial score (nSPS) is 19.8. The van der Waals surface area contributed by atoms with Gasteiger partial charge >= 0.3 is 12.5 Å². The number of carbonyl (C=O) groups is 1. The van der Waals surface area contributed by atoms with Crippen molar-refractivity contribution in [3.05, 3.63) is 59.9 Å². The molecule has 0 saturated carbocycles. The highest BCUT2D eigenvalue weighted by atomic mass is 32.2. The zero-order chi connectivity index (χ0) is 23.8. The van der Waals surface area contributed by atoms with Crippen molar-refractivity contribution >= 4 is 27.0 Å². The second-order valence-corrected chi connectivity index (χ2v) is 10.5. The van der Waals surface area contributed by atoms with Gasteiger partial charge < -0.3 is 4.74 Å². The minimum Gasteiger partial charge on any atom is -0.454 e. The Hall–Kier alpha value is -2.85. The van der Waals surface area contributed by atoms with Crippen molar-refractivity contribution in [3.63, 3.8) is 0 Å². The van der Waals surface area contributed by atoms with E-state index in [9.17, 15) is 22.0 Å². The molecule has 1 aliphatic heterocycles. The summed E-state index contributed by atoms with van der Waals surface area (Å²) in [7, 11) is -3.67. The Bertz CT molecular complexity index is 1250. The van der Waals surface area contributed by atoms with E-state index in [4.69, 9.17) is 4.74 Å². The van der Waals surface area contributed by atoms with E-state index in [-0.39, 0.29) is 33.6 Å².